The smallest absolute Gasteiger partial charge is 0.319 e. The summed E-state index contributed by atoms with van der Waals surface area (Å²) >= 11 is 0. The molecule has 1 aromatic heterocycles. The molecule has 2 atom stereocenters. The van der Waals surface area contributed by atoms with Crippen LogP contribution in [0.1, 0.15) is 37.7 Å². The zero-order chi connectivity index (χ0) is 31.9. The molecule has 9 rings (SSSR count). The van der Waals surface area contributed by atoms with Crippen LogP contribution in [-0.4, -0.2) is 84.6 Å². The number of phenols is 1. The SMILES string of the molecule is C#Cc1c(F)ccc2cc(O)cc(-c3ccc4c(N5CC6CCC(C5)N6)nc(OCC5(CN6CC7(CCOC7)C6)CC5)nc4c3F)c12. The van der Waals surface area contributed by atoms with Gasteiger partial charge in [0.05, 0.1) is 18.8 Å². The number of phenolic OH excluding ortho intramolecular Hbond substituents is 1. The molecule has 5 aliphatic rings. The highest BCUT2D eigenvalue weighted by atomic mass is 19.1. The van der Waals surface area contributed by atoms with Gasteiger partial charge in [-0.25, -0.2) is 8.78 Å². The van der Waals surface area contributed by atoms with Crippen molar-refractivity contribution in [3.63, 3.8) is 0 Å². The summed E-state index contributed by atoms with van der Waals surface area (Å²) in [5, 5.41) is 15.7. The number of hydrogen-bond donors (Lipinski definition) is 2. The first-order valence-corrected chi connectivity index (χ1v) is 16.7. The first kappa shape index (κ1) is 29.1. The van der Waals surface area contributed by atoms with Crippen molar-refractivity contribution in [2.24, 2.45) is 10.8 Å². The first-order valence-electron chi connectivity index (χ1n) is 16.7. The van der Waals surface area contributed by atoms with Crippen LogP contribution in [-0.2, 0) is 4.74 Å². The molecule has 5 heterocycles. The number of nitrogens with one attached hydrogen (secondary N) is 1. The van der Waals surface area contributed by atoms with Crippen molar-refractivity contribution in [3.8, 4) is 35.2 Å². The molecule has 242 valence electrons. The number of aromatic nitrogens is 2. The molecule has 3 aromatic carbocycles. The molecule has 1 aliphatic carbocycles. The molecule has 0 radical (unpaired) electrons. The summed E-state index contributed by atoms with van der Waals surface area (Å²) in [7, 11) is 0. The molecule has 8 nitrogen and oxygen atoms in total. The average Bonchev–Trinajstić information content (AvgIpc) is 3.48. The van der Waals surface area contributed by atoms with Crippen LogP contribution in [0.3, 0.4) is 0 Å². The van der Waals surface area contributed by atoms with E-state index < -0.39 is 11.6 Å². The molecule has 1 saturated carbocycles. The number of fused-ring (bicyclic) bond motifs is 4. The molecule has 10 heteroatoms. The van der Waals surface area contributed by atoms with Gasteiger partial charge < -0.3 is 29.7 Å². The van der Waals surface area contributed by atoms with Gasteiger partial charge in [-0.05, 0) is 67.3 Å². The topological polar surface area (TPSA) is 83.0 Å². The van der Waals surface area contributed by atoms with E-state index in [1.54, 1.807) is 6.07 Å². The Morgan fingerprint density at radius 3 is 2.57 bits per heavy atom. The molecule has 5 fully saturated rings. The number of ether oxygens (including phenoxy) is 2. The number of anilines is 1. The average molecular weight is 638 g/mol. The summed E-state index contributed by atoms with van der Waals surface area (Å²) in [5.74, 6) is 1.82. The molecule has 4 aliphatic heterocycles. The van der Waals surface area contributed by atoms with E-state index in [0.29, 0.717) is 51.6 Å². The Kier molecular flexibility index (Phi) is 6.66. The summed E-state index contributed by atoms with van der Waals surface area (Å²) in [4.78, 5) is 14.3. The number of terminal acetylenes is 1. The van der Waals surface area contributed by atoms with Crippen molar-refractivity contribution in [3.05, 3.63) is 53.6 Å². The summed E-state index contributed by atoms with van der Waals surface area (Å²) in [6.07, 6.45) is 11.2. The molecule has 0 amide bonds. The van der Waals surface area contributed by atoms with Gasteiger partial charge in [0.2, 0.25) is 0 Å². The Labute approximate surface area is 272 Å². The molecule has 4 aromatic rings. The Morgan fingerprint density at radius 1 is 1.04 bits per heavy atom. The minimum Gasteiger partial charge on any atom is -0.508 e. The number of aromatic hydroxyl groups is 1. The van der Waals surface area contributed by atoms with Gasteiger partial charge >= 0.3 is 6.01 Å². The van der Waals surface area contributed by atoms with Gasteiger partial charge in [0.15, 0.2) is 5.82 Å². The lowest BCUT2D eigenvalue weighted by Gasteiger charge is -2.48. The number of nitrogens with zero attached hydrogens (tertiary/aromatic N) is 4. The van der Waals surface area contributed by atoms with Crippen molar-refractivity contribution in [1.82, 2.24) is 20.2 Å². The Hall–Kier alpha value is -4.04. The van der Waals surface area contributed by atoms with Crippen LogP contribution in [0.5, 0.6) is 11.8 Å². The van der Waals surface area contributed by atoms with Crippen molar-refractivity contribution in [1.29, 1.82) is 0 Å². The lowest BCUT2D eigenvalue weighted by atomic mass is 9.78. The van der Waals surface area contributed by atoms with Crippen LogP contribution >= 0.6 is 0 Å². The van der Waals surface area contributed by atoms with Crippen LogP contribution in [0, 0.1) is 34.8 Å². The lowest BCUT2D eigenvalue weighted by Crippen LogP contribution is -2.58. The monoisotopic (exact) mass is 637 g/mol. The maximum Gasteiger partial charge on any atom is 0.319 e. The number of hydrogen-bond acceptors (Lipinski definition) is 8. The van der Waals surface area contributed by atoms with E-state index in [4.69, 9.17) is 20.9 Å². The molecule has 47 heavy (non-hydrogen) atoms. The third kappa shape index (κ3) is 4.98. The van der Waals surface area contributed by atoms with Crippen LogP contribution in [0.4, 0.5) is 14.6 Å². The largest absolute Gasteiger partial charge is 0.508 e. The van der Waals surface area contributed by atoms with Gasteiger partial charge in [0, 0.05) is 78.6 Å². The number of piperazine rings is 1. The molecule has 1 spiro atoms. The maximum atomic E-state index is 16.9. The van der Waals surface area contributed by atoms with Crippen LogP contribution < -0.4 is 15.0 Å². The Morgan fingerprint density at radius 2 is 1.85 bits per heavy atom. The van der Waals surface area contributed by atoms with Gasteiger partial charge in [-0.1, -0.05) is 18.1 Å². The zero-order valence-corrected chi connectivity index (χ0v) is 26.2. The summed E-state index contributed by atoms with van der Waals surface area (Å²) in [6, 6.07) is 10.0. The number of halogens is 2. The van der Waals surface area contributed by atoms with Crippen molar-refractivity contribution < 1.29 is 23.4 Å². The minimum absolute atomic E-state index is 0.0176. The van der Waals surface area contributed by atoms with Gasteiger partial charge in [-0.15, -0.1) is 6.42 Å². The lowest BCUT2D eigenvalue weighted by molar-refractivity contribution is -0.0239. The van der Waals surface area contributed by atoms with Crippen molar-refractivity contribution in [2.45, 2.75) is 44.2 Å². The van der Waals surface area contributed by atoms with Gasteiger partial charge in [0.25, 0.3) is 0 Å². The van der Waals surface area contributed by atoms with E-state index in [9.17, 15) is 9.50 Å². The molecular formula is C37H37F2N5O3. The van der Waals surface area contributed by atoms with E-state index in [-0.39, 0.29) is 33.8 Å². The molecule has 2 N–H and O–H groups in total. The summed E-state index contributed by atoms with van der Waals surface area (Å²) < 4.78 is 43.8. The summed E-state index contributed by atoms with van der Waals surface area (Å²) in [6.45, 7) is 6.82. The fourth-order valence-electron chi connectivity index (χ4n) is 8.52. The highest BCUT2D eigenvalue weighted by molar-refractivity contribution is 6.04. The van der Waals surface area contributed by atoms with Crippen LogP contribution in [0.2, 0.25) is 0 Å². The third-order valence-electron chi connectivity index (χ3n) is 11.1. The quantitative estimate of drug-likeness (QED) is 0.267. The predicted octanol–water partition coefficient (Wildman–Crippen LogP) is 5.24. The second-order valence-electron chi connectivity index (χ2n) is 14.6. The normalized spacial score (nSPS) is 24.1. The zero-order valence-electron chi connectivity index (χ0n) is 26.2. The summed E-state index contributed by atoms with van der Waals surface area (Å²) in [5.41, 5.74) is 0.982. The molecule has 4 saturated heterocycles. The Bertz CT molecular complexity index is 1950. The van der Waals surface area contributed by atoms with E-state index in [0.717, 1.165) is 78.0 Å². The van der Waals surface area contributed by atoms with E-state index >= 15 is 4.39 Å². The van der Waals surface area contributed by atoms with E-state index in [1.165, 1.54) is 24.3 Å². The standard InChI is InChI=1S/C37H37F2N5O3/c1-2-26-30(38)8-3-22-13-25(45)14-29(31(22)26)27-6-7-28-33(32(27)39)41-35(42-34(28)44-15-23-4-5-24(16-44)40-23)47-21-36(9-10-36)17-43-18-37(19-43)11-12-46-20-37/h1,3,6-8,13-14,23-24,40,45H,4-5,9-12,15-21H2. The second kappa shape index (κ2) is 10.7. The van der Waals surface area contributed by atoms with Gasteiger partial charge in [-0.2, -0.15) is 9.97 Å². The first-order chi connectivity index (χ1) is 22.8. The number of rotatable bonds is 7. The predicted molar refractivity (Wildman–Crippen MR) is 176 cm³/mol. The minimum atomic E-state index is -0.598. The number of likely N-dealkylation sites (tertiary alicyclic amines) is 1. The van der Waals surface area contributed by atoms with Crippen LogP contribution in [0.15, 0.2) is 36.4 Å². The Balaban J connectivity index is 1.10. The van der Waals surface area contributed by atoms with Gasteiger partial charge in [-0.3, -0.25) is 0 Å². The maximum absolute atomic E-state index is 16.9. The third-order valence-corrected chi connectivity index (χ3v) is 11.1. The van der Waals surface area contributed by atoms with Crippen LogP contribution in [0.25, 0.3) is 32.8 Å². The molecular weight excluding hydrogens is 600 g/mol. The highest BCUT2D eigenvalue weighted by Gasteiger charge is 2.52. The second-order valence-corrected chi connectivity index (χ2v) is 14.6. The number of benzene rings is 3. The van der Waals surface area contributed by atoms with E-state index in [1.807, 2.05) is 6.07 Å². The highest BCUT2D eigenvalue weighted by Crippen LogP contribution is 2.50. The van der Waals surface area contributed by atoms with Crippen molar-refractivity contribution >= 4 is 27.5 Å². The molecule has 2 unspecified atom stereocenters. The van der Waals surface area contributed by atoms with E-state index in [2.05, 4.69) is 26.0 Å². The fraction of sp³-hybridized carbons (Fsp3) is 0.459. The van der Waals surface area contributed by atoms with Gasteiger partial charge in [0.1, 0.15) is 22.9 Å². The fourth-order valence-corrected chi connectivity index (χ4v) is 8.52. The molecule has 2 bridgehead atoms. The van der Waals surface area contributed by atoms with Crippen molar-refractivity contribution in [2.75, 3.05) is 57.4 Å².